The maximum absolute atomic E-state index is 8.65. The molecule has 0 aromatic heterocycles. The lowest BCUT2D eigenvalue weighted by Crippen LogP contribution is -1.89. The maximum atomic E-state index is 8.65. The molecule has 0 aliphatic carbocycles. The Morgan fingerprint density at radius 2 is 2.36 bits per heavy atom. The van der Waals surface area contributed by atoms with Crippen LogP contribution in [0.1, 0.15) is 26.7 Å². The van der Waals surface area contributed by atoms with Gasteiger partial charge in [-0.05, 0) is 19.8 Å². The quantitative estimate of drug-likeness (QED) is 0.482. The van der Waals surface area contributed by atoms with Gasteiger partial charge in [0, 0.05) is 5.92 Å². The van der Waals surface area contributed by atoms with Crippen molar-refractivity contribution < 1.29 is 5.11 Å². The minimum Gasteiger partial charge on any atom is -0.392 e. The highest BCUT2D eigenvalue weighted by Gasteiger charge is 1.93. The third-order valence-electron chi connectivity index (χ3n) is 1.63. The van der Waals surface area contributed by atoms with Gasteiger partial charge in [0.2, 0.25) is 0 Å². The molecule has 0 aromatic rings. The summed E-state index contributed by atoms with van der Waals surface area (Å²) in [4.78, 5) is 0. The van der Waals surface area contributed by atoms with Gasteiger partial charge in [-0.3, -0.25) is 0 Å². The fourth-order valence-electron chi connectivity index (χ4n) is 0.728. The van der Waals surface area contributed by atoms with Gasteiger partial charge in [0.15, 0.2) is 0 Å². The molecule has 0 bridgehead atoms. The average Bonchev–Trinajstić information content (AvgIpc) is 2.04. The van der Waals surface area contributed by atoms with Crippen molar-refractivity contribution in [3.8, 4) is 12.3 Å². The van der Waals surface area contributed by atoms with Crippen LogP contribution in [0.4, 0.5) is 0 Å². The topological polar surface area (TPSA) is 20.2 Å². The second kappa shape index (κ2) is 6.00. The largest absolute Gasteiger partial charge is 0.392 e. The number of allylic oxidation sites excluding steroid dienone is 1. The van der Waals surface area contributed by atoms with E-state index in [2.05, 4.69) is 5.92 Å². The Morgan fingerprint density at radius 3 is 2.82 bits per heavy atom. The van der Waals surface area contributed by atoms with E-state index < -0.39 is 0 Å². The van der Waals surface area contributed by atoms with E-state index in [0.29, 0.717) is 5.92 Å². The first-order valence-corrected chi connectivity index (χ1v) is 3.93. The predicted molar refractivity (Wildman–Crippen MR) is 48.1 cm³/mol. The molecule has 0 saturated heterocycles. The molecule has 0 aliphatic rings. The highest BCUT2D eigenvalue weighted by molar-refractivity contribution is 4.99. The van der Waals surface area contributed by atoms with E-state index in [9.17, 15) is 0 Å². The number of terminal acetylenes is 1. The number of aliphatic hydroxyl groups is 1. The van der Waals surface area contributed by atoms with Crippen LogP contribution in [0.15, 0.2) is 11.6 Å². The summed E-state index contributed by atoms with van der Waals surface area (Å²) >= 11 is 0. The zero-order valence-electron chi connectivity index (χ0n) is 7.30. The van der Waals surface area contributed by atoms with Crippen LogP contribution in [0, 0.1) is 18.3 Å². The zero-order valence-corrected chi connectivity index (χ0v) is 7.30. The molecule has 0 fully saturated rings. The third-order valence-corrected chi connectivity index (χ3v) is 1.63. The van der Waals surface area contributed by atoms with E-state index in [0.717, 1.165) is 18.4 Å². The highest BCUT2D eigenvalue weighted by atomic mass is 16.3. The van der Waals surface area contributed by atoms with Crippen LogP contribution < -0.4 is 0 Å². The van der Waals surface area contributed by atoms with Crippen LogP contribution in [0.2, 0.25) is 0 Å². The van der Waals surface area contributed by atoms with Gasteiger partial charge < -0.3 is 5.11 Å². The Bertz CT molecular complexity index is 162. The van der Waals surface area contributed by atoms with Gasteiger partial charge in [-0.1, -0.05) is 18.6 Å². The van der Waals surface area contributed by atoms with E-state index in [1.165, 1.54) is 0 Å². The number of aliphatic hydroxyl groups excluding tert-OH is 1. The van der Waals surface area contributed by atoms with Crippen molar-refractivity contribution in [1.29, 1.82) is 0 Å². The number of hydrogen-bond acceptors (Lipinski definition) is 1. The summed E-state index contributed by atoms with van der Waals surface area (Å²) in [5, 5.41) is 8.65. The van der Waals surface area contributed by atoms with E-state index >= 15 is 0 Å². The first-order chi connectivity index (χ1) is 5.20. The molecule has 1 atom stereocenters. The van der Waals surface area contributed by atoms with Gasteiger partial charge in [0.05, 0.1) is 6.61 Å². The molecule has 0 aliphatic heterocycles. The lowest BCUT2D eigenvalue weighted by molar-refractivity contribution is 0.331. The Hall–Kier alpha value is -0.740. The average molecular weight is 152 g/mol. The maximum Gasteiger partial charge on any atom is 0.0639 e. The monoisotopic (exact) mass is 152 g/mol. The molecule has 0 saturated carbocycles. The van der Waals surface area contributed by atoms with Crippen LogP contribution in [-0.4, -0.2) is 11.7 Å². The summed E-state index contributed by atoms with van der Waals surface area (Å²) in [7, 11) is 0. The summed E-state index contributed by atoms with van der Waals surface area (Å²) in [6.07, 6.45) is 9.21. The first kappa shape index (κ1) is 10.3. The zero-order chi connectivity index (χ0) is 8.69. The van der Waals surface area contributed by atoms with Gasteiger partial charge in [-0.2, -0.15) is 0 Å². The second-order valence-corrected chi connectivity index (χ2v) is 2.85. The molecule has 0 unspecified atom stereocenters. The molecule has 0 aromatic carbocycles. The van der Waals surface area contributed by atoms with E-state index in [-0.39, 0.29) is 6.61 Å². The van der Waals surface area contributed by atoms with Crippen molar-refractivity contribution >= 4 is 0 Å². The Labute approximate surface area is 69.1 Å². The molecule has 0 amide bonds. The van der Waals surface area contributed by atoms with Crippen molar-refractivity contribution in [3.63, 3.8) is 0 Å². The van der Waals surface area contributed by atoms with E-state index in [1.807, 2.05) is 19.9 Å². The van der Waals surface area contributed by atoms with Crippen LogP contribution >= 0.6 is 0 Å². The van der Waals surface area contributed by atoms with Gasteiger partial charge >= 0.3 is 0 Å². The van der Waals surface area contributed by atoms with Crippen molar-refractivity contribution in [1.82, 2.24) is 0 Å². The molecule has 1 N–H and O–H groups in total. The lowest BCUT2D eigenvalue weighted by atomic mass is 10.1. The van der Waals surface area contributed by atoms with Crippen LogP contribution in [0.5, 0.6) is 0 Å². The van der Waals surface area contributed by atoms with Crippen LogP contribution in [-0.2, 0) is 0 Å². The summed E-state index contributed by atoms with van der Waals surface area (Å²) in [6.45, 7) is 4.10. The van der Waals surface area contributed by atoms with Crippen molar-refractivity contribution in [2.75, 3.05) is 6.61 Å². The van der Waals surface area contributed by atoms with Crippen molar-refractivity contribution in [2.45, 2.75) is 26.7 Å². The number of rotatable bonds is 4. The molecule has 0 rings (SSSR count). The van der Waals surface area contributed by atoms with Crippen LogP contribution in [0.25, 0.3) is 0 Å². The molecule has 11 heavy (non-hydrogen) atoms. The first-order valence-electron chi connectivity index (χ1n) is 3.93. The van der Waals surface area contributed by atoms with Gasteiger partial charge in [0.1, 0.15) is 0 Å². The molecule has 1 heteroatoms. The Balaban J connectivity index is 3.50. The Morgan fingerprint density at radius 1 is 1.73 bits per heavy atom. The standard InChI is InChI=1S/C10H16O/c1-4-9(2)6-5-7-10(3)8-11/h1,7,9,11H,5-6,8H2,2-3H3/b10-7+/t9-/m0/s1. The van der Waals surface area contributed by atoms with E-state index in [4.69, 9.17) is 11.5 Å². The minimum absolute atomic E-state index is 0.157. The van der Waals surface area contributed by atoms with Gasteiger partial charge in [-0.15, -0.1) is 12.3 Å². The summed E-state index contributed by atoms with van der Waals surface area (Å²) in [5.41, 5.74) is 1.02. The SMILES string of the molecule is C#C[C@H](C)CC/C=C(\C)CO. The van der Waals surface area contributed by atoms with Crippen molar-refractivity contribution in [3.05, 3.63) is 11.6 Å². The number of hydrogen-bond donors (Lipinski definition) is 1. The minimum atomic E-state index is 0.157. The summed E-state index contributed by atoms with van der Waals surface area (Å²) < 4.78 is 0. The normalized spacial score (nSPS) is 14.2. The fraction of sp³-hybridized carbons (Fsp3) is 0.600. The molecule has 62 valence electrons. The Kier molecular flexibility index (Phi) is 5.60. The van der Waals surface area contributed by atoms with Gasteiger partial charge in [-0.25, -0.2) is 0 Å². The fourth-order valence-corrected chi connectivity index (χ4v) is 0.728. The summed E-state index contributed by atoms with van der Waals surface area (Å²) in [6, 6.07) is 0. The molecule has 1 nitrogen and oxygen atoms in total. The smallest absolute Gasteiger partial charge is 0.0639 e. The molecule has 0 radical (unpaired) electrons. The van der Waals surface area contributed by atoms with Gasteiger partial charge in [0.25, 0.3) is 0 Å². The van der Waals surface area contributed by atoms with Crippen LogP contribution in [0.3, 0.4) is 0 Å². The lowest BCUT2D eigenvalue weighted by Gasteiger charge is -1.99. The highest BCUT2D eigenvalue weighted by Crippen LogP contribution is 2.05. The molecule has 0 spiro atoms. The molecule has 0 heterocycles. The predicted octanol–water partition coefficient (Wildman–Crippen LogP) is 1.97. The van der Waals surface area contributed by atoms with E-state index in [1.54, 1.807) is 0 Å². The molecular formula is C10H16O. The third kappa shape index (κ3) is 5.69. The summed E-state index contributed by atoms with van der Waals surface area (Å²) in [5.74, 6) is 3.01. The van der Waals surface area contributed by atoms with Crippen molar-refractivity contribution in [2.24, 2.45) is 5.92 Å². The molecular weight excluding hydrogens is 136 g/mol. The second-order valence-electron chi connectivity index (χ2n) is 2.85.